The van der Waals surface area contributed by atoms with E-state index in [0.29, 0.717) is 17.7 Å². The summed E-state index contributed by atoms with van der Waals surface area (Å²) in [6.45, 7) is 0. The first kappa shape index (κ1) is 7.07. The molecule has 0 aromatic rings. The standard InChI is InChI=1S/C10H15NO/c12-10-5-7-3-6-1-2-8(7)11-9(10)4-6/h6-9,11H,1-5H2. The van der Waals surface area contributed by atoms with Gasteiger partial charge in [0.15, 0.2) is 0 Å². The molecule has 0 amide bonds. The van der Waals surface area contributed by atoms with Gasteiger partial charge in [0.1, 0.15) is 5.78 Å². The summed E-state index contributed by atoms with van der Waals surface area (Å²) in [6.07, 6.45) is 6.00. The lowest BCUT2D eigenvalue weighted by atomic mass is 9.78. The van der Waals surface area contributed by atoms with Gasteiger partial charge in [-0.3, -0.25) is 4.79 Å². The van der Waals surface area contributed by atoms with E-state index in [1.54, 1.807) is 0 Å². The van der Waals surface area contributed by atoms with Crippen LogP contribution in [0.5, 0.6) is 0 Å². The number of carbonyl (C=O) groups is 1. The second-order valence-corrected chi connectivity index (χ2v) is 4.67. The minimum Gasteiger partial charge on any atom is -0.304 e. The van der Waals surface area contributed by atoms with Crippen molar-refractivity contribution in [3.05, 3.63) is 0 Å². The second-order valence-electron chi connectivity index (χ2n) is 4.67. The van der Waals surface area contributed by atoms with Crippen LogP contribution in [0.2, 0.25) is 0 Å². The Morgan fingerprint density at radius 2 is 2.17 bits per heavy atom. The van der Waals surface area contributed by atoms with Crippen LogP contribution in [0.1, 0.15) is 32.1 Å². The number of fused-ring (bicyclic) bond motifs is 2. The highest BCUT2D eigenvalue weighted by Gasteiger charge is 2.44. The van der Waals surface area contributed by atoms with Crippen LogP contribution in [0, 0.1) is 11.8 Å². The molecule has 1 N–H and O–H groups in total. The van der Waals surface area contributed by atoms with Crippen LogP contribution in [0.15, 0.2) is 0 Å². The molecule has 12 heavy (non-hydrogen) atoms. The summed E-state index contributed by atoms with van der Waals surface area (Å²) in [6, 6.07) is 0.924. The number of hydrogen-bond donors (Lipinski definition) is 1. The molecule has 5 aliphatic rings. The quantitative estimate of drug-likeness (QED) is 0.582. The largest absolute Gasteiger partial charge is 0.304 e. The Hall–Kier alpha value is -0.370. The van der Waals surface area contributed by atoms with Gasteiger partial charge in [0.05, 0.1) is 6.04 Å². The summed E-state index contributed by atoms with van der Waals surface area (Å²) in [4.78, 5) is 11.5. The van der Waals surface area contributed by atoms with Gasteiger partial charge in [0, 0.05) is 12.5 Å². The Morgan fingerprint density at radius 1 is 1.25 bits per heavy atom. The molecule has 0 aromatic heterocycles. The zero-order valence-corrected chi connectivity index (χ0v) is 7.25. The molecule has 4 atom stereocenters. The highest BCUT2D eigenvalue weighted by Crippen LogP contribution is 2.41. The van der Waals surface area contributed by atoms with E-state index < -0.39 is 0 Å². The van der Waals surface area contributed by atoms with E-state index in [0.717, 1.165) is 18.8 Å². The van der Waals surface area contributed by atoms with Crippen LogP contribution < -0.4 is 5.32 Å². The zero-order valence-electron chi connectivity index (χ0n) is 7.25. The summed E-state index contributed by atoms with van der Waals surface area (Å²) in [7, 11) is 0. The van der Waals surface area contributed by atoms with Crippen molar-refractivity contribution in [2.75, 3.05) is 0 Å². The summed E-state index contributed by atoms with van der Waals surface area (Å²) in [5, 5.41) is 3.51. The van der Waals surface area contributed by atoms with Crippen LogP contribution in [0.25, 0.3) is 0 Å². The SMILES string of the molecule is O=C1CC2CC3CCC2NC1C3. The van der Waals surface area contributed by atoms with Gasteiger partial charge in [0.25, 0.3) is 0 Å². The topological polar surface area (TPSA) is 29.1 Å². The van der Waals surface area contributed by atoms with Gasteiger partial charge < -0.3 is 5.32 Å². The molecule has 5 rings (SSSR count). The second kappa shape index (κ2) is 2.32. The monoisotopic (exact) mass is 165 g/mol. The summed E-state index contributed by atoms with van der Waals surface area (Å²) in [5.74, 6) is 2.04. The van der Waals surface area contributed by atoms with Crippen molar-refractivity contribution in [2.45, 2.75) is 44.2 Å². The fraction of sp³-hybridized carbons (Fsp3) is 0.900. The van der Waals surface area contributed by atoms with Gasteiger partial charge in [-0.2, -0.15) is 0 Å². The molecule has 3 aliphatic heterocycles. The van der Waals surface area contributed by atoms with Crippen molar-refractivity contribution in [3.63, 3.8) is 0 Å². The average molecular weight is 165 g/mol. The minimum absolute atomic E-state index is 0.237. The lowest BCUT2D eigenvalue weighted by Crippen LogP contribution is -2.50. The predicted molar refractivity (Wildman–Crippen MR) is 45.8 cm³/mol. The highest BCUT2D eigenvalue weighted by molar-refractivity contribution is 5.85. The Balaban J connectivity index is 1.97. The minimum atomic E-state index is 0.237. The number of rotatable bonds is 0. The normalized spacial score (nSPS) is 51.2. The maximum absolute atomic E-state index is 11.5. The zero-order chi connectivity index (χ0) is 8.13. The maximum Gasteiger partial charge on any atom is 0.150 e. The van der Waals surface area contributed by atoms with E-state index in [2.05, 4.69) is 5.32 Å². The third-order valence-electron chi connectivity index (χ3n) is 3.93. The molecule has 0 radical (unpaired) electrons. The van der Waals surface area contributed by atoms with Crippen LogP contribution >= 0.6 is 0 Å². The molecule has 2 aliphatic carbocycles. The summed E-state index contributed by atoms with van der Waals surface area (Å²) >= 11 is 0. The predicted octanol–water partition coefficient (Wildman–Crippen LogP) is 1.11. The lowest BCUT2D eigenvalue weighted by molar-refractivity contribution is -0.123. The summed E-state index contributed by atoms with van der Waals surface area (Å²) in [5.41, 5.74) is 0. The van der Waals surface area contributed by atoms with Crippen LogP contribution in [-0.4, -0.2) is 17.9 Å². The van der Waals surface area contributed by atoms with E-state index in [1.807, 2.05) is 0 Å². The molecule has 2 heteroatoms. The van der Waals surface area contributed by atoms with Gasteiger partial charge in [-0.1, -0.05) is 0 Å². The molecular formula is C10H15NO. The smallest absolute Gasteiger partial charge is 0.150 e. The van der Waals surface area contributed by atoms with Crippen molar-refractivity contribution in [3.8, 4) is 0 Å². The van der Waals surface area contributed by atoms with E-state index in [-0.39, 0.29) is 6.04 Å². The first-order chi connectivity index (χ1) is 5.83. The number of piperidine rings is 1. The fourth-order valence-electron chi connectivity index (χ4n) is 3.31. The molecule has 0 aromatic carbocycles. The number of nitrogens with one attached hydrogen (secondary N) is 1. The summed E-state index contributed by atoms with van der Waals surface area (Å²) < 4.78 is 0. The number of ketones is 1. The fourth-order valence-corrected chi connectivity index (χ4v) is 3.31. The van der Waals surface area contributed by atoms with Crippen LogP contribution in [-0.2, 0) is 4.79 Å². The molecule has 3 saturated heterocycles. The van der Waals surface area contributed by atoms with Crippen molar-refractivity contribution >= 4 is 5.78 Å². The molecule has 0 spiro atoms. The maximum atomic E-state index is 11.5. The Bertz CT molecular complexity index is 224. The van der Waals surface area contributed by atoms with Crippen molar-refractivity contribution < 1.29 is 4.79 Å². The van der Waals surface area contributed by atoms with Gasteiger partial charge in [-0.05, 0) is 37.5 Å². The van der Waals surface area contributed by atoms with Crippen molar-refractivity contribution in [2.24, 2.45) is 11.8 Å². The molecule has 4 bridgehead atoms. The Labute approximate surface area is 72.7 Å². The molecule has 5 fully saturated rings. The van der Waals surface area contributed by atoms with Gasteiger partial charge >= 0.3 is 0 Å². The highest BCUT2D eigenvalue weighted by atomic mass is 16.1. The van der Waals surface area contributed by atoms with Crippen LogP contribution in [0.4, 0.5) is 0 Å². The average Bonchev–Trinajstić information content (AvgIpc) is 2.38. The van der Waals surface area contributed by atoms with Gasteiger partial charge in [-0.25, -0.2) is 0 Å². The van der Waals surface area contributed by atoms with Crippen molar-refractivity contribution in [1.29, 1.82) is 0 Å². The Morgan fingerprint density at radius 3 is 3.08 bits per heavy atom. The van der Waals surface area contributed by atoms with E-state index in [9.17, 15) is 4.79 Å². The van der Waals surface area contributed by atoms with E-state index >= 15 is 0 Å². The lowest BCUT2D eigenvalue weighted by Gasteiger charge is -2.35. The molecule has 2 saturated carbocycles. The third kappa shape index (κ3) is 0.875. The first-order valence-electron chi connectivity index (χ1n) is 5.11. The number of hydrogen-bond acceptors (Lipinski definition) is 2. The number of carbonyl (C=O) groups excluding carboxylic acids is 1. The van der Waals surface area contributed by atoms with Gasteiger partial charge in [0.2, 0.25) is 0 Å². The molecule has 66 valence electrons. The van der Waals surface area contributed by atoms with Crippen LogP contribution in [0.3, 0.4) is 0 Å². The molecular weight excluding hydrogens is 150 g/mol. The number of Topliss-reactive ketones (excluding diaryl/α,β-unsaturated/α-hetero) is 1. The molecule has 4 unspecified atom stereocenters. The van der Waals surface area contributed by atoms with Crippen molar-refractivity contribution in [1.82, 2.24) is 5.32 Å². The van der Waals surface area contributed by atoms with Gasteiger partial charge in [-0.15, -0.1) is 0 Å². The third-order valence-corrected chi connectivity index (χ3v) is 3.93. The molecule has 3 heterocycles. The Kier molecular flexibility index (Phi) is 1.37. The van der Waals surface area contributed by atoms with E-state index in [1.165, 1.54) is 19.3 Å². The molecule has 2 nitrogen and oxygen atoms in total. The van der Waals surface area contributed by atoms with E-state index in [4.69, 9.17) is 0 Å². The first-order valence-corrected chi connectivity index (χ1v) is 5.11.